The van der Waals surface area contributed by atoms with Gasteiger partial charge in [-0.1, -0.05) is 12.1 Å². The molecule has 0 aliphatic heterocycles. The number of hydrogen-bond acceptors (Lipinski definition) is 7. The van der Waals surface area contributed by atoms with Crippen LogP contribution >= 0.6 is 0 Å². The molecule has 2 aliphatic carbocycles. The number of aromatic nitrogens is 5. The molecule has 2 fully saturated rings. The van der Waals surface area contributed by atoms with E-state index in [2.05, 4.69) is 42.2 Å². The number of carbonyl (C=O) groups excluding carboxylic acids is 1. The Morgan fingerprint density at radius 3 is 2.78 bits per heavy atom. The smallest absolute Gasteiger partial charge is 0.326 e. The summed E-state index contributed by atoms with van der Waals surface area (Å²) >= 11 is 0. The Kier molecular flexibility index (Phi) is 3.98. The van der Waals surface area contributed by atoms with Gasteiger partial charge in [-0.15, -0.1) is 0 Å². The van der Waals surface area contributed by atoms with E-state index >= 15 is 0 Å². The lowest BCUT2D eigenvalue weighted by Crippen LogP contribution is -2.19. The number of amides is 2. The molecular weight excluding hydrogens is 408 g/mol. The molecule has 0 spiro atoms. The van der Waals surface area contributed by atoms with Crippen molar-refractivity contribution in [2.24, 2.45) is 0 Å². The van der Waals surface area contributed by atoms with Crippen molar-refractivity contribution in [3.8, 4) is 11.3 Å². The fourth-order valence-corrected chi connectivity index (χ4v) is 3.90. The van der Waals surface area contributed by atoms with E-state index in [0.717, 1.165) is 53.7 Å². The van der Waals surface area contributed by atoms with E-state index in [0.29, 0.717) is 23.4 Å². The number of pyridine rings is 1. The van der Waals surface area contributed by atoms with Gasteiger partial charge in [0.05, 0.1) is 28.7 Å². The van der Waals surface area contributed by atoms with E-state index in [1.807, 2.05) is 12.3 Å². The number of nitrogen functional groups attached to an aromatic ring is 1. The van der Waals surface area contributed by atoms with Crippen LogP contribution in [0.2, 0.25) is 0 Å². The molecule has 0 bridgehead atoms. The van der Waals surface area contributed by atoms with Crippen molar-refractivity contribution >= 4 is 34.5 Å². The van der Waals surface area contributed by atoms with Crippen LogP contribution in [0.4, 0.5) is 22.2 Å². The Labute approximate surface area is 183 Å². The van der Waals surface area contributed by atoms with Gasteiger partial charge in [-0.2, -0.15) is 0 Å². The van der Waals surface area contributed by atoms with Gasteiger partial charge in [0.25, 0.3) is 0 Å². The molecule has 4 aromatic heterocycles. The summed E-state index contributed by atoms with van der Waals surface area (Å²) in [5, 5.41) is 10.3. The van der Waals surface area contributed by atoms with Gasteiger partial charge < -0.3 is 20.1 Å². The zero-order chi connectivity index (χ0) is 21.9. The van der Waals surface area contributed by atoms with Crippen LogP contribution in [0.25, 0.3) is 22.3 Å². The Hall–Kier alpha value is -3.95. The molecule has 4 N–H and O–H groups in total. The van der Waals surface area contributed by atoms with Crippen LogP contribution in [-0.2, 0) is 5.41 Å². The summed E-state index contributed by atoms with van der Waals surface area (Å²) in [5.41, 5.74) is 10.1. The third-order valence-electron chi connectivity index (χ3n) is 6.24. The van der Waals surface area contributed by atoms with E-state index in [9.17, 15) is 4.79 Å². The second kappa shape index (κ2) is 6.78. The maximum absolute atomic E-state index is 12.3. The third kappa shape index (κ3) is 3.24. The van der Waals surface area contributed by atoms with Crippen molar-refractivity contribution in [1.82, 2.24) is 24.7 Å². The summed E-state index contributed by atoms with van der Waals surface area (Å²) < 4.78 is 7.38. The van der Waals surface area contributed by atoms with Gasteiger partial charge in [0.1, 0.15) is 17.8 Å². The molecular formula is C22H22N8O2. The summed E-state index contributed by atoms with van der Waals surface area (Å²) in [5.74, 6) is 0.748. The number of hydrogen-bond donors (Lipinski definition) is 3. The molecule has 2 saturated carbocycles. The van der Waals surface area contributed by atoms with Crippen LogP contribution in [0, 0.1) is 0 Å². The van der Waals surface area contributed by atoms with E-state index in [1.54, 1.807) is 18.3 Å². The molecule has 2 aliphatic rings. The van der Waals surface area contributed by atoms with Crippen LogP contribution in [0.3, 0.4) is 0 Å². The largest absolute Gasteiger partial charge is 0.383 e. The van der Waals surface area contributed by atoms with Gasteiger partial charge in [-0.25, -0.2) is 14.8 Å². The van der Waals surface area contributed by atoms with Crippen molar-refractivity contribution < 1.29 is 9.32 Å². The number of carbonyl (C=O) groups is 1. The lowest BCUT2D eigenvalue weighted by atomic mass is 10.1. The zero-order valence-corrected chi connectivity index (χ0v) is 17.5. The first-order chi connectivity index (χ1) is 15.5. The molecule has 32 heavy (non-hydrogen) atoms. The van der Waals surface area contributed by atoms with Gasteiger partial charge in [0.15, 0.2) is 0 Å². The number of nitrogens with two attached hydrogens (primary N) is 1. The Bertz CT molecular complexity index is 1330. The molecule has 0 atom stereocenters. The molecule has 162 valence electrons. The number of nitrogens with zero attached hydrogens (tertiary/aromatic N) is 5. The summed E-state index contributed by atoms with van der Waals surface area (Å²) in [6.07, 6.45) is 9.56. The molecule has 2 amide bonds. The zero-order valence-electron chi connectivity index (χ0n) is 17.5. The van der Waals surface area contributed by atoms with Crippen LogP contribution in [0.15, 0.2) is 41.4 Å². The van der Waals surface area contributed by atoms with Gasteiger partial charge in [0.2, 0.25) is 5.88 Å². The highest BCUT2D eigenvalue weighted by atomic mass is 16.5. The molecule has 0 radical (unpaired) electrons. The van der Waals surface area contributed by atoms with E-state index < -0.39 is 6.03 Å². The number of fused-ring (bicyclic) bond motifs is 1. The highest BCUT2D eigenvalue weighted by molar-refractivity contribution is 6.01. The second-order valence-corrected chi connectivity index (χ2v) is 8.79. The van der Waals surface area contributed by atoms with Crippen LogP contribution < -0.4 is 16.4 Å². The third-order valence-corrected chi connectivity index (χ3v) is 6.24. The van der Waals surface area contributed by atoms with Crippen LogP contribution in [0.5, 0.6) is 0 Å². The van der Waals surface area contributed by atoms with E-state index in [-0.39, 0.29) is 5.41 Å². The molecule has 6 rings (SSSR count). The number of anilines is 3. The SMILES string of the molecule is CC1(c2cc(NC(=O)Nc3ccc(-c4cn(C5CC5)c5ncnc(N)c45)nc3)on2)CC1. The molecule has 0 unspecified atom stereocenters. The molecule has 0 saturated heterocycles. The minimum absolute atomic E-state index is 0.0801. The molecule has 4 aromatic rings. The fourth-order valence-electron chi connectivity index (χ4n) is 3.90. The van der Waals surface area contributed by atoms with Gasteiger partial charge in [-0.3, -0.25) is 10.3 Å². The van der Waals surface area contributed by atoms with Gasteiger partial charge in [0, 0.05) is 29.3 Å². The maximum atomic E-state index is 12.3. The lowest BCUT2D eigenvalue weighted by Gasteiger charge is -2.06. The van der Waals surface area contributed by atoms with Crippen molar-refractivity contribution in [2.75, 3.05) is 16.4 Å². The van der Waals surface area contributed by atoms with E-state index in [1.165, 1.54) is 6.33 Å². The Morgan fingerprint density at radius 1 is 1.22 bits per heavy atom. The van der Waals surface area contributed by atoms with Crippen molar-refractivity contribution in [2.45, 2.75) is 44.1 Å². The van der Waals surface area contributed by atoms with Crippen molar-refractivity contribution in [1.29, 1.82) is 0 Å². The van der Waals surface area contributed by atoms with Gasteiger partial charge >= 0.3 is 6.03 Å². The highest BCUT2D eigenvalue weighted by Gasteiger charge is 2.42. The summed E-state index contributed by atoms with van der Waals surface area (Å²) in [7, 11) is 0. The number of urea groups is 1. The second-order valence-electron chi connectivity index (χ2n) is 8.79. The summed E-state index contributed by atoms with van der Waals surface area (Å²) in [6.45, 7) is 2.13. The first kappa shape index (κ1) is 18.8. The number of nitrogens with one attached hydrogen (secondary N) is 2. The summed E-state index contributed by atoms with van der Waals surface area (Å²) in [4.78, 5) is 25.5. The monoisotopic (exact) mass is 430 g/mol. The topological polar surface area (TPSA) is 137 Å². The predicted octanol–water partition coefficient (Wildman–Crippen LogP) is 4.09. The van der Waals surface area contributed by atoms with Gasteiger partial charge in [-0.05, 0) is 37.8 Å². The van der Waals surface area contributed by atoms with Crippen molar-refractivity contribution in [3.05, 3.63) is 42.6 Å². The molecule has 10 nitrogen and oxygen atoms in total. The quantitative estimate of drug-likeness (QED) is 0.433. The number of rotatable bonds is 5. The summed E-state index contributed by atoms with van der Waals surface area (Å²) in [6, 6.07) is 5.43. The Balaban J connectivity index is 1.20. The minimum atomic E-state index is -0.425. The van der Waals surface area contributed by atoms with Crippen LogP contribution in [0.1, 0.15) is 44.3 Å². The first-order valence-corrected chi connectivity index (χ1v) is 10.6. The average Bonchev–Trinajstić information content (AvgIpc) is 3.68. The average molecular weight is 430 g/mol. The minimum Gasteiger partial charge on any atom is -0.383 e. The van der Waals surface area contributed by atoms with E-state index in [4.69, 9.17) is 10.3 Å². The Morgan fingerprint density at radius 2 is 2.06 bits per heavy atom. The maximum Gasteiger partial charge on any atom is 0.326 e. The molecule has 4 heterocycles. The predicted molar refractivity (Wildman–Crippen MR) is 119 cm³/mol. The normalized spacial score (nSPS) is 16.8. The molecule has 10 heteroatoms. The van der Waals surface area contributed by atoms with Crippen LogP contribution in [-0.4, -0.2) is 30.7 Å². The molecule has 0 aromatic carbocycles. The first-order valence-electron chi connectivity index (χ1n) is 10.6. The van der Waals surface area contributed by atoms with Crippen molar-refractivity contribution in [3.63, 3.8) is 0 Å². The standard InChI is InChI=1S/C22H22N8O2/c1-22(6-7-22)16-8-17(32-29-16)28-21(31)27-12-2-5-15(24-9-12)14-10-30(13-3-4-13)20-18(14)19(23)25-11-26-20/h2,5,8-11,13H,3-4,6-7H2,1H3,(H2,23,25,26)(H2,27,28,31). The highest BCUT2D eigenvalue weighted by Crippen LogP contribution is 2.47. The fraction of sp³-hybridized carbons (Fsp3) is 0.318. The lowest BCUT2D eigenvalue weighted by molar-refractivity contribution is 0.261.